The molecule has 0 bridgehead atoms. The molecule has 0 aromatic heterocycles. The lowest BCUT2D eigenvalue weighted by Gasteiger charge is -2.19. The molecule has 1 rings (SSSR count). The minimum absolute atomic E-state index is 0.163. The second kappa shape index (κ2) is 4.25. The zero-order valence-corrected chi connectivity index (χ0v) is 8.58. The molecule has 5 heteroatoms. The summed E-state index contributed by atoms with van der Waals surface area (Å²) in [6.45, 7) is 3.94. The van der Waals surface area contributed by atoms with Crippen LogP contribution in [0.25, 0.3) is 0 Å². The summed E-state index contributed by atoms with van der Waals surface area (Å²) in [6, 6.07) is -0.327. The zero-order chi connectivity index (χ0) is 10.8. The summed E-state index contributed by atoms with van der Waals surface area (Å²) in [6.07, 6.45) is 0.00501. The Labute approximate surface area is 83.5 Å². The molecular weight excluding hydrogens is 184 g/mol. The summed E-state index contributed by atoms with van der Waals surface area (Å²) < 4.78 is 0. The lowest BCUT2D eigenvalue weighted by molar-refractivity contribution is -0.123. The molecule has 1 saturated heterocycles. The van der Waals surface area contributed by atoms with Crippen molar-refractivity contribution in [2.75, 3.05) is 13.1 Å². The van der Waals surface area contributed by atoms with Gasteiger partial charge in [-0.3, -0.25) is 4.79 Å². The fourth-order valence-electron chi connectivity index (χ4n) is 1.34. The van der Waals surface area contributed by atoms with Crippen molar-refractivity contribution < 1.29 is 15.0 Å². The second-order valence-corrected chi connectivity index (χ2v) is 4.38. The predicted octanol–water partition coefficient (Wildman–Crippen LogP) is -1.40. The van der Waals surface area contributed by atoms with Crippen LogP contribution in [0.3, 0.4) is 0 Å². The number of carbonyl (C=O) groups is 1. The Morgan fingerprint density at radius 3 is 2.71 bits per heavy atom. The van der Waals surface area contributed by atoms with E-state index in [0.717, 1.165) is 0 Å². The van der Waals surface area contributed by atoms with Crippen LogP contribution >= 0.6 is 0 Å². The van der Waals surface area contributed by atoms with E-state index in [-0.39, 0.29) is 18.5 Å². The number of amides is 1. The average Bonchev–Trinajstić information content (AvgIpc) is 2.46. The van der Waals surface area contributed by atoms with E-state index in [1.807, 2.05) is 0 Å². The highest BCUT2D eigenvalue weighted by atomic mass is 16.3. The Balaban J connectivity index is 2.29. The van der Waals surface area contributed by atoms with Crippen molar-refractivity contribution in [2.45, 2.75) is 38.0 Å². The average molecular weight is 202 g/mol. The van der Waals surface area contributed by atoms with Crippen molar-refractivity contribution in [2.24, 2.45) is 0 Å². The maximum atomic E-state index is 11.4. The van der Waals surface area contributed by atoms with Crippen LogP contribution in [0, 0.1) is 0 Å². The van der Waals surface area contributed by atoms with E-state index in [9.17, 15) is 15.0 Å². The van der Waals surface area contributed by atoms with E-state index >= 15 is 0 Å². The van der Waals surface area contributed by atoms with Crippen LogP contribution in [0.1, 0.15) is 20.3 Å². The highest BCUT2D eigenvalue weighted by molar-refractivity contribution is 5.82. The standard InChI is InChI=1S/C9H18N2O3/c1-9(2,14)5-11-8(13)7-3-6(12)4-10-7/h6-7,10,12,14H,3-5H2,1-2H3,(H,11,13). The van der Waals surface area contributed by atoms with Crippen molar-refractivity contribution in [1.29, 1.82) is 0 Å². The van der Waals surface area contributed by atoms with Gasteiger partial charge in [0.2, 0.25) is 5.91 Å². The van der Waals surface area contributed by atoms with Crippen LogP contribution in [0.2, 0.25) is 0 Å². The normalized spacial score (nSPS) is 27.7. The molecule has 5 nitrogen and oxygen atoms in total. The van der Waals surface area contributed by atoms with Gasteiger partial charge in [-0.1, -0.05) is 0 Å². The summed E-state index contributed by atoms with van der Waals surface area (Å²) in [4.78, 5) is 11.4. The highest BCUT2D eigenvalue weighted by Gasteiger charge is 2.28. The van der Waals surface area contributed by atoms with E-state index in [0.29, 0.717) is 13.0 Å². The van der Waals surface area contributed by atoms with Gasteiger partial charge in [0.25, 0.3) is 0 Å². The van der Waals surface area contributed by atoms with Crippen molar-refractivity contribution in [1.82, 2.24) is 10.6 Å². The van der Waals surface area contributed by atoms with Crippen molar-refractivity contribution in [3.8, 4) is 0 Å². The number of carbonyl (C=O) groups excluding carboxylic acids is 1. The maximum Gasteiger partial charge on any atom is 0.237 e. The van der Waals surface area contributed by atoms with E-state index in [1.165, 1.54) is 0 Å². The number of aliphatic hydroxyl groups excluding tert-OH is 1. The third-order valence-corrected chi connectivity index (χ3v) is 2.12. The van der Waals surface area contributed by atoms with Gasteiger partial charge in [-0.15, -0.1) is 0 Å². The summed E-state index contributed by atoms with van der Waals surface area (Å²) in [5, 5.41) is 24.1. The Kier molecular flexibility index (Phi) is 3.47. The van der Waals surface area contributed by atoms with Gasteiger partial charge in [-0.05, 0) is 20.3 Å². The largest absolute Gasteiger partial charge is 0.392 e. The van der Waals surface area contributed by atoms with Crippen LogP contribution in [0.4, 0.5) is 0 Å². The van der Waals surface area contributed by atoms with Gasteiger partial charge in [-0.25, -0.2) is 0 Å². The molecule has 0 radical (unpaired) electrons. The third-order valence-electron chi connectivity index (χ3n) is 2.12. The Hall–Kier alpha value is -0.650. The topological polar surface area (TPSA) is 81.6 Å². The molecule has 0 aromatic rings. The molecule has 2 atom stereocenters. The molecule has 4 N–H and O–H groups in total. The monoisotopic (exact) mass is 202 g/mol. The van der Waals surface area contributed by atoms with E-state index < -0.39 is 11.7 Å². The maximum absolute atomic E-state index is 11.4. The molecule has 1 fully saturated rings. The van der Waals surface area contributed by atoms with Gasteiger partial charge < -0.3 is 20.8 Å². The Morgan fingerprint density at radius 1 is 1.64 bits per heavy atom. The van der Waals surface area contributed by atoms with E-state index in [1.54, 1.807) is 13.8 Å². The lowest BCUT2D eigenvalue weighted by Crippen LogP contribution is -2.45. The molecule has 14 heavy (non-hydrogen) atoms. The first-order valence-corrected chi connectivity index (χ1v) is 4.80. The van der Waals surface area contributed by atoms with E-state index in [2.05, 4.69) is 10.6 Å². The number of β-amino-alcohol motifs (C(OH)–C–C–N with tert-alkyl or cyclic N) is 1. The minimum atomic E-state index is -0.896. The van der Waals surface area contributed by atoms with Gasteiger partial charge in [-0.2, -0.15) is 0 Å². The minimum Gasteiger partial charge on any atom is -0.392 e. The molecular formula is C9H18N2O3. The zero-order valence-electron chi connectivity index (χ0n) is 8.58. The number of hydrogen-bond acceptors (Lipinski definition) is 4. The van der Waals surface area contributed by atoms with Gasteiger partial charge in [0, 0.05) is 13.1 Å². The van der Waals surface area contributed by atoms with Gasteiger partial charge in [0.05, 0.1) is 17.7 Å². The highest BCUT2D eigenvalue weighted by Crippen LogP contribution is 2.06. The molecule has 0 saturated carbocycles. The summed E-state index contributed by atoms with van der Waals surface area (Å²) in [5.74, 6) is -0.163. The first kappa shape index (κ1) is 11.4. The number of rotatable bonds is 3. The van der Waals surface area contributed by atoms with Crippen LogP contribution in [-0.4, -0.2) is 47.0 Å². The van der Waals surface area contributed by atoms with Crippen molar-refractivity contribution in [3.63, 3.8) is 0 Å². The molecule has 1 amide bonds. The molecule has 2 unspecified atom stereocenters. The summed E-state index contributed by atoms with van der Waals surface area (Å²) in [5.41, 5.74) is -0.896. The molecule has 0 aromatic carbocycles. The molecule has 1 aliphatic rings. The second-order valence-electron chi connectivity index (χ2n) is 4.38. The Bertz CT molecular complexity index is 213. The number of aliphatic hydroxyl groups is 2. The molecule has 0 spiro atoms. The fourth-order valence-corrected chi connectivity index (χ4v) is 1.34. The summed E-state index contributed by atoms with van der Waals surface area (Å²) in [7, 11) is 0. The van der Waals surface area contributed by atoms with Crippen LogP contribution in [-0.2, 0) is 4.79 Å². The predicted molar refractivity (Wildman–Crippen MR) is 51.7 cm³/mol. The first-order chi connectivity index (χ1) is 6.38. The van der Waals surface area contributed by atoms with Crippen molar-refractivity contribution in [3.05, 3.63) is 0 Å². The SMILES string of the molecule is CC(C)(O)CNC(=O)C1CC(O)CN1. The molecule has 82 valence electrons. The molecule has 1 heterocycles. The number of nitrogens with one attached hydrogen (secondary N) is 2. The third kappa shape index (κ3) is 3.61. The van der Waals surface area contributed by atoms with Crippen LogP contribution < -0.4 is 10.6 Å². The van der Waals surface area contributed by atoms with Gasteiger partial charge in [0.1, 0.15) is 0 Å². The Morgan fingerprint density at radius 2 is 2.29 bits per heavy atom. The number of hydrogen-bond donors (Lipinski definition) is 4. The van der Waals surface area contributed by atoms with Crippen LogP contribution in [0.15, 0.2) is 0 Å². The van der Waals surface area contributed by atoms with E-state index in [4.69, 9.17) is 0 Å². The quantitative estimate of drug-likeness (QED) is 0.453. The van der Waals surface area contributed by atoms with Crippen LogP contribution in [0.5, 0.6) is 0 Å². The smallest absolute Gasteiger partial charge is 0.237 e. The first-order valence-electron chi connectivity index (χ1n) is 4.80. The summed E-state index contributed by atoms with van der Waals surface area (Å²) >= 11 is 0. The molecule has 1 aliphatic heterocycles. The fraction of sp³-hybridized carbons (Fsp3) is 0.889. The molecule has 0 aliphatic carbocycles. The van der Waals surface area contributed by atoms with Gasteiger partial charge in [0.15, 0.2) is 0 Å². The van der Waals surface area contributed by atoms with Crippen molar-refractivity contribution >= 4 is 5.91 Å². The lowest BCUT2D eigenvalue weighted by atomic mass is 10.1. The van der Waals surface area contributed by atoms with Gasteiger partial charge >= 0.3 is 0 Å².